The summed E-state index contributed by atoms with van der Waals surface area (Å²) in [6.07, 6.45) is 1.10. The molecule has 1 aliphatic heterocycles. The van der Waals surface area contributed by atoms with Crippen molar-refractivity contribution in [2.45, 2.75) is 76.3 Å². The molecule has 1 aromatic heterocycles. The Balaban J connectivity index is 2.03. The van der Waals surface area contributed by atoms with Crippen molar-refractivity contribution in [2.75, 3.05) is 4.90 Å². The summed E-state index contributed by atoms with van der Waals surface area (Å²) in [7, 11) is -3.84. The molecule has 1 aromatic carbocycles. The van der Waals surface area contributed by atoms with E-state index in [2.05, 4.69) is 5.10 Å². The van der Waals surface area contributed by atoms with Crippen molar-refractivity contribution < 1.29 is 18.0 Å². The number of imide groups is 1. The summed E-state index contributed by atoms with van der Waals surface area (Å²) in [4.78, 5) is 26.3. The van der Waals surface area contributed by atoms with Gasteiger partial charge in [-0.25, -0.2) is 8.42 Å². The number of nitrogens with zero attached hydrogens (tertiary/aromatic N) is 3. The van der Waals surface area contributed by atoms with Crippen LogP contribution in [0.15, 0.2) is 34.1 Å². The van der Waals surface area contributed by atoms with Crippen LogP contribution in [0.3, 0.4) is 0 Å². The standard InChI is InChI=1S/C22H30N4O4S/c1-6-17-20(18(7-2)25(24-17)13-14(3)23)31(29,30)16-10-8-15(9-11-16)26-19(27)12-22(4,5)21(26)28/h8-11,14H,6-7,12-13,23H2,1-5H3/t14-/m0/s1. The lowest BCUT2D eigenvalue weighted by molar-refractivity contribution is -0.124. The molecule has 8 nitrogen and oxygen atoms in total. The molecule has 0 radical (unpaired) electrons. The highest BCUT2D eigenvalue weighted by atomic mass is 32.2. The van der Waals surface area contributed by atoms with Crippen molar-refractivity contribution in [1.29, 1.82) is 0 Å². The number of aryl methyl sites for hydroxylation is 1. The van der Waals surface area contributed by atoms with Gasteiger partial charge in [0.05, 0.1) is 33.9 Å². The van der Waals surface area contributed by atoms with E-state index in [0.29, 0.717) is 36.5 Å². The Morgan fingerprint density at radius 2 is 1.74 bits per heavy atom. The van der Waals surface area contributed by atoms with Crippen LogP contribution in [-0.4, -0.2) is 36.1 Å². The molecule has 0 unspecified atom stereocenters. The lowest BCUT2D eigenvalue weighted by atomic mass is 9.92. The summed E-state index contributed by atoms with van der Waals surface area (Å²) >= 11 is 0. The van der Waals surface area contributed by atoms with Crippen LogP contribution in [-0.2, 0) is 38.8 Å². The van der Waals surface area contributed by atoms with Crippen LogP contribution in [0.4, 0.5) is 5.69 Å². The number of aromatic nitrogens is 2. The van der Waals surface area contributed by atoms with Crippen LogP contribution >= 0.6 is 0 Å². The van der Waals surface area contributed by atoms with Gasteiger partial charge >= 0.3 is 0 Å². The number of hydrogen-bond donors (Lipinski definition) is 1. The Kier molecular flexibility index (Phi) is 6.12. The Labute approximate surface area is 183 Å². The zero-order valence-corrected chi connectivity index (χ0v) is 19.5. The summed E-state index contributed by atoms with van der Waals surface area (Å²) in [6, 6.07) is 5.74. The number of carbonyl (C=O) groups excluding carboxylic acids is 2. The number of nitrogens with two attached hydrogens (primary N) is 1. The molecule has 0 spiro atoms. The molecule has 2 heterocycles. The van der Waals surface area contributed by atoms with E-state index in [0.717, 1.165) is 4.90 Å². The van der Waals surface area contributed by atoms with E-state index in [1.165, 1.54) is 24.3 Å². The quantitative estimate of drug-likeness (QED) is 0.653. The first-order valence-electron chi connectivity index (χ1n) is 10.5. The highest BCUT2D eigenvalue weighted by Crippen LogP contribution is 2.36. The Hall–Kier alpha value is -2.52. The van der Waals surface area contributed by atoms with E-state index in [9.17, 15) is 18.0 Å². The van der Waals surface area contributed by atoms with E-state index in [1.54, 1.807) is 18.5 Å². The third-order valence-electron chi connectivity index (χ3n) is 5.51. The molecule has 0 saturated carbocycles. The average molecular weight is 447 g/mol. The largest absolute Gasteiger partial charge is 0.326 e. The Morgan fingerprint density at radius 3 is 2.19 bits per heavy atom. The fourth-order valence-electron chi connectivity index (χ4n) is 3.95. The first-order valence-corrected chi connectivity index (χ1v) is 12.0. The minimum absolute atomic E-state index is 0.0966. The molecule has 1 aliphatic rings. The number of benzene rings is 1. The molecule has 2 aromatic rings. The number of anilines is 1. The lowest BCUT2D eigenvalue weighted by Gasteiger charge is -2.18. The van der Waals surface area contributed by atoms with Gasteiger partial charge in [0, 0.05) is 12.5 Å². The van der Waals surface area contributed by atoms with E-state index in [4.69, 9.17) is 5.73 Å². The van der Waals surface area contributed by atoms with Crippen molar-refractivity contribution in [3.05, 3.63) is 35.7 Å². The zero-order valence-electron chi connectivity index (χ0n) is 18.7. The van der Waals surface area contributed by atoms with E-state index in [1.807, 2.05) is 20.8 Å². The summed E-state index contributed by atoms with van der Waals surface area (Å²) in [5.41, 5.74) is 6.67. The van der Waals surface area contributed by atoms with Crippen LogP contribution < -0.4 is 10.6 Å². The minimum Gasteiger partial charge on any atom is -0.326 e. The summed E-state index contributed by atoms with van der Waals surface area (Å²) in [5, 5.41) is 4.51. The monoisotopic (exact) mass is 446 g/mol. The molecule has 1 fully saturated rings. The second-order valence-corrected chi connectivity index (χ2v) is 10.6. The maximum absolute atomic E-state index is 13.5. The van der Waals surface area contributed by atoms with Gasteiger partial charge in [-0.3, -0.25) is 19.2 Å². The lowest BCUT2D eigenvalue weighted by Crippen LogP contribution is -2.32. The van der Waals surface area contributed by atoms with Crippen LogP contribution in [0.1, 0.15) is 52.4 Å². The number of amides is 2. The summed E-state index contributed by atoms with van der Waals surface area (Å²) in [5.74, 6) is -0.573. The third kappa shape index (κ3) is 4.04. The Bertz CT molecular complexity index is 1120. The predicted octanol–water partition coefficient (Wildman–Crippen LogP) is 2.48. The molecule has 31 heavy (non-hydrogen) atoms. The minimum atomic E-state index is -3.84. The molecule has 1 saturated heterocycles. The summed E-state index contributed by atoms with van der Waals surface area (Å²) < 4.78 is 28.7. The first-order chi connectivity index (χ1) is 14.4. The highest BCUT2D eigenvalue weighted by Gasteiger charge is 2.45. The highest BCUT2D eigenvalue weighted by molar-refractivity contribution is 7.91. The molecule has 0 aliphatic carbocycles. The van der Waals surface area contributed by atoms with Gasteiger partial charge in [-0.1, -0.05) is 27.7 Å². The van der Waals surface area contributed by atoms with E-state index < -0.39 is 15.3 Å². The first kappa shape index (κ1) is 23.1. The van der Waals surface area contributed by atoms with Crippen LogP contribution in [0.5, 0.6) is 0 Å². The molecule has 0 bridgehead atoms. The molecular weight excluding hydrogens is 416 g/mol. The van der Waals surface area contributed by atoms with Gasteiger partial charge in [-0.05, 0) is 44.0 Å². The van der Waals surface area contributed by atoms with Gasteiger partial charge in [-0.2, -0.15) is 5.10 Å². The molecular formula is C22H30N4O4S. The van der Waals surface area contributed by atoms with Crippen molar-refractivity contribution >= 4 is 27.3 Å². The number of hydrogen-bond acceptors (Lipinski definition) is 6. The van der Waals surface area contributed by atoms with Crippen LogP contribution in [0.2, 0.25) is 0 Å². The van der Waals surface area contributed by atoms with Crippen molar-refractivity contribution in [3.63, 3.8) is 0 Å². The van der Waals surface area contributed by atoms with Crippen molar-refractivity contribution in [3.8, 4) is 0 Å². The van der Waals surface area contributed by atoms with Gasteiger partial charge in [0.15, 0.2) is 0 Å². The number of rotatable bonds is 7. The topological polar surface area (TPSA) is 115 Å². The molecule has 3 rings (SSSR count). The molecule has 9 heteroatoms. The maximum atomic E-state index is 13.5. The van der Waals surface area contributed by atoms with Crippen molar-refractivity contribution in [2.24, 2.45) is 11.1 Å². The summed E-state index contributed by atoms with van der Waals surface area (Å²) in [6.45, 7) is 9.49. The van der Waals surface area contributed by atoms with Crippen molar-refractivity contribution in [1.82, 2.24) is 9.78 Å². The van der Waals surface area contributed by atoms with Gasteiger partial charge in [0.1, 0.15) is 4.90 Å². The van der Waals surface area contributed by atoms with E-state index in [-0.39, 0.29) is 34.1 Å². The fourth-order valence-corrected chi connectivity index (χ4v) is 5.73. The second-order valence-electron chi connectivity index (χ2n) is 8.68. The van der Waals surface area contributed by atoms with E-state index >= 15 is 0 Å². The third-order valence-corrected chi connectivity index (χ3v) is 7.41. The molecule has 2 amide bonds. The SMILES string of the molecule is CCc1nn(C[C@H](C)N)c(CC)c1S(=O)(=O)c1ccc(N2C(=O)CC(C)(C)C2=O)cc1. The molecule has 168 valence electrons. The van der Waals surface area contributed by atoms with Gasteiger partial charge in [0.25, 0.3) is 0 Å². The van der Waals surface area contributed by atoms with Crippen LogP contribution in [0.25, 0.3) is 0 Å². The van der Waals surface area contributed by atoms with Gasteiger partial charge < -0.3 is 5.73 Å². The Morgan fingerprint density at radius 1 is 1.13 bits per heavy atom. The maximum Gasteiger partial charge on any atom is 0.239 e. The van der Waals surface area contributed by atoms with Crippen LogP contribution in [0, 0.1) is 5.41 Å². The zero-order chi connectivity index (χ0) is 23.1. The average Bonchev–Trinajstić information content (AvgIpc) is 3.14. The molecule has 1 atom stereocenters. The predicted molar refractivity (Wildman–Crippen MR) is 117 cm³/mol. The molecule has 2 N–H and O–H groups in total. The van der Waals surface area contributed by atoms with Gasteiger partial charge in [0.2, 0.25) is 21.7 Å². The number of carbonyl (C=O) groups is 2. The second kappa shape index (κ2) is 8.20. The van der Waals surface area contributed by atoms with Gasteiger partial charge in [-0.15, -0.1) is 0 Å². The smallest absolute Gasteiger partial charge is 0.239 e. The fraction of sp³-hybridized carbons (Fsp3) is 0.500. The number of sulfone groups is 1. The normalized spacial score (nSPS) is 17.4.